The number of hydrazone groups is 1. The van der Waals surface area contributed by atoms with E-state index in [1.54, 1.807) is 0 Å². The summed E-state index contributed by atoms with van der Waals surface area (Å²) in [5.74, 6) is 2.80. The topological polar surface area (TPSA) is 218 Å². The zero-order valence-electron chi connectivity index (χ0n) is 7.60. The third-order valence-corrected chi connectivity index (χ3v) is 0.991. The summed E-state index contributed by atoms with van der Waals surface area (Å²) in [5.41, 5.74) is 9.50. The Morgan fingerprint density at radius 1 is 1.19 bits per heavy atom. The summed E-state index contributed by atoms with van der Waals surface area (Å²) in [6.07, 6.45) is 0. The first kappa shape index (κ1) is 13.0. The number of hydrogen-bond acceptors (Lipinski definition) is 7. The van der Waals surface area contributed by atoms with Crippen molar-refractivity contribution >= 4 is 17.6 Å². The van der Waals surface area contributed by atoms with Crippen molar-refractivity contribution in [3.8, 4) is 0 Å². The minimum atomic E-state index is -1.02. The lowest BCUT2D eigenvalue weighted by atomic mass is 10.7. The molecule has 88 valence electrons. The molecular weight excluding hydrogens is 226 g/mol. The van der Waals surface area contributed by atoms with Crippen molar-refractivity contribution in [1.82, 2.24) is 15.4 Å². The highest BCUT2D eigenvalue weighted by molar-refractivity contribution is 5.68. The largest absolute Gasteiger partial charge is 0.449 e. The lowest BCUT2D eigenvalue weighted by molar-refractivity contribution is -0.471. The second-order valence-corrected chi connectivity index (χ2v) is 2.05. The molecule has 1 rings (SSSR count). The van der Waals surface area contributed by atoms with Gasteiger partial charge in [-0.1, -0.05) is 10.2 Å². The normalized spacial score (nSPS) is 8.50. The molecule has 0 aliphatic carbocycles. The molecule has 0 saturated carbocycles. The van der Waals surface area contributed by atoms with Gasteiger partial charge in [-0.05, 0) is 9.85 Å². The fourth-order valence-electron chi connectivity index (χ4n) is 0.433. The molecule has 13 heteroatoms. The van der Waals surface area contributed by atoms with Crippen LogP contribution in [0.2, 0.25) is 0 Å². The predicted octanol–water partition coefficient (Wildman–Crippen LogP) is -4.54. The van der Waals surface area contributed by atoms with Gasteiger partial charge in [0.2, 0.25) is 0 Å². The Kier molecular flexibility index (Phi) is 4.62. The third-order valence-electron chi connectivity index (χ3n) is 0.991. The summed E-state index contributed by atoms with van der Waals surface area (Å²) < 4.78 is 0. The van der Waals surface area contributed by atoms with Crippen LogP contribution in [-0.4, -0.2) is 26.0 Å². The monoisotopic (exact) mass is 233 g/mol. The Balaban J connectivity index is 0.000000385. The number of rotatable bonds is 2. The maximum absolute atomic E-state index is 9.95. The van der Waals surface area contributed by atoms with Crippen LogP contribution in [0.5, 0.6) is 0 Å². The molecule has 0 amide bonds. The van der Waals surface area contributed by atoms with Gasteiger partial charge in [-0.25, -0.2) is 0 Å². The molecule has 16 heavy (non-hydrogen) atoms. The van der Waals surface area contributed by atoms with E-state index in [1.165, 1.54) is 0 Å². The zero-order chi connectivity index (χ0) is 12.7. The second kappa shape index (κ2) is 5.68. The van der Waals surface area contributed by atoms with Gasteiger partial charge >= 0.3 is 17.6 Å². The molecule has 0 fully saturated rings. The van der Waals surface area contributed by atoms with E-state index in [-0.39, 0.29) is 5.96 Å². The summed E-state index contributed by atoms with van der Waals surface area (Å²) >= 11 is 0. The fraction of sp³-hybridized carbons (Fsp3) is 0. The van der Waals surface area contributed by atoms with Crippen molar-refractivity contribution in [2.24, 2.45) is 17.3 Å². The van der Waals surface area contributed by atoms with E-state index in [0.29, 0.717) is 0 Å². The van der Waals surface area contributed by atoms with E-state index in [2.05, 4.69) is 21.3 Å². The lowest BCUT2D eigenvalue weighted by Gasteiger charge is -1.88. The smallest absolute Gasteiger partial charge is 0.358 e. The molecule has 13 nitrogen and oxygen atoms in total. The molecule has 0 aliphatic rings. The molecule has 7 N–H and O–H groups in total. The average Bonchev–Trinajstić information content (AvgIpc) is 2.67. The van der Waals surface area contributed by atoms with Crippen LogP contribution in [0.4, 0.5) is 11.6 Å². The van der Waals surface area contributed by atoms with E-state index in [9.17, 15) is 20.2 Å². The fourth-order valence-corrected chi connectivity index (χ4v) is 0.433. The first-order chi connectivity index (χ1) is 7.40. The molecule has 1 aromatic rings. The molecule has 1 aromatic heterocycles. The van der Waals surface area contributed by atoms with Gasteiger partial charge in [0, 0.05) is 0 Å². The van der Waals surface area contributed by atoms with Gasteiger partial charge in [-0.2, -0.15) is 5.10 Å². The Bertz CT molecular complexity index is 376. The molecular formula is C3H7N9O4. The van der Waals surface area contributed by atoms with E-state index < -0.39 is 21.5 Å². The van der Waals surface area contributed by atoms with Crippen molar-refractivity contribution in [3.05, 3.63) is 20.2 Å². The predicted molar refractivity (Wildman–Crippen MR) is 47.2 cm³/mol. The van der Waals surface area contributed by atoms with Gasteiger partial charge in [0.05, 0.1) is 0 Å². The molecule has 1 heterocycles. The summed E-state index contributed by atoms with van der Waals surface area (Å²) in [6, 6.07) is 0. The molecule has 0 aliphatic heterocycles. The van der Waals surface area contributed by atoms with Crippen LogP contribution < -0.4 is 27.6 Å². The average molecular weight is 233 g/mol. The Hall–Kier alpha value is -2.99. The van der Waals surface area contributed by atoms with Crippen molar-refractivity contribution in [3.63, 3.8) is 0 Å². The highest BCUT2D eigenvalue weighted by Crippen LogP contribution is 2.17. The number of nitro groups is 2. The van der Waals surface area contributed by atoms with Crippen LogP contribution in [0.25, 0.3) is 0 Å². The maximum Gasteiger partial charge on any atom is 0.449 e. The Morgan fingerprint density at radius 3 is 1.69 bits per heavy atom. The van der Waals surface area contributed by atoms with Gasteiger partial charge in [0.25, 0.3) is 0 Å². The maximum atomic E-state index is 9.95. The summed E-state index contributed by atoms with van der Waals surface area (Å²) in [6.45, 7) is 0. The van der Waals surface area contributed by atoms with Gasteiger partial charge in [-0.15, -0.1) is 0 Å². The van der Waals surface area contributed by atoms with Crippen molar-refractivity contribution in [2.75, 3.05) is 0 Å². The quantitative estimate of drug-likeness (QED) is 0.126. The SMILES string of the molecule is N[NH+]=C(N)N.O=[N+]([O-])c1n[n-]nc1[N+](=O)[O-]. The molecule has 0 aromatic carbocycles. The minimum Gasteiger partial charge on any atom is -0.358 e. The second-order valence-electron chi connectivity index (χ2n) is 2.05. The van der Waals surface area contributed by atoms with E-state index in [1.807, 2.05) is 5.10 Å². The lowest BCUT2D eigenvalue weighted by Crippen LogP contribution is -2.84. The number of hydrogen-bond donors (Lipinski definition) is 4. The summed E-state index contributed by atoms with van der Waals surface area (Å²) in [4.78, 5) is 17.9. The molecule has 0 saturated heterocycles. The number of nitrogens with one attached hydrogen (secondary N) is 1. The van der Waals surface area contributed by atoms with E-state index in [0.717, 1.165) is 0 Å². The van der Waals surface area contributed by atoms with Gasteiger partial charge in [-0.3, -0.25) is 22.5 Å². The van der Waals surface area contributed by atoms with E-state index in [4.69, 9.17) is 11.5 Å². The standard InChI is InChI=1S/C2N5O4.CH6N4/c8-6(9)1-2(7(10)11)4-5-3-1;2-1(3)5-4/h;4H2,(H4,2,3,5)/q-1;/p+1. The number of guanidine groups is 1. The van der Waals surface area contributed by atoms with Gasteiger partial charge in [0.1, 0.15) is 0 Å². The Morgan fingerprint density at radius 2 is 1.50 bits per heavy atom. The van der Waals surface area contributed by atoms with Crippen LogP contribution in [-0.2, 0) is 0 Å². The zero-order valence-corrected chi connectivity index (χ0v) is 7.60. The number of hydrazine groups is 1. The van der Waals surface area contributed by atoms with E-state index >= 15 is 0 Å². The van der Waals surface area contributed by atoms with Crippen LogP contribution in [0, 0.1) is 20.2 Å². The summed E-state index contributed by atoms with van der Waals surface area (Å²) in [7, 11) is 0. The van der Waals surface area contributed by atoms with Crippen LogP contribution in [0.1, 0.15) is 0 Å². The molecule has 0 radical (unpaired) electrons. The molecule has 0 atom stereocenters. The van der Waals surface area contributed by atoms with Crippen LogP contribution >= 0.6 is 0 Å². The molecule has 0 bridgehead atoms. The highest BCUT2D eigenvalue weighted by Gasteiger charge is 2.24. The van der Waals surface area contributed by atoms with Crippen molar-refractivity contribution < 1.29 is 14.9 Å². The first-order valence-electron chi connectivity index (χ1n) is 3.39. The Labute approximate surface area is 86.6 Å². The van der Waals surface area contributed by atoms with Crippen LogP contribution in [0.3, 0.4) is 0 Å². The van der Waals surface area contributed by atoms with Gasteiger partial charge in [0.15, 0.2) is 0 Å². The summed E-state index contributed by atoms with van der Waals surface area (Å²) in [5, 5.41) is 30.3. The minimum absolute atomic E-state index is 0.0324. The van der Waals surface area contributed by atoms with Crippen molar-refractivity contribution in [1.29, 1.82) is 0 Å². The molecule has 0 unspecified atom stereocenters. The number of nitrogens with two attached hydrogens (primary N) is 3. The van der Waals surface area contributed by atoms with Crippen LogP contribution in [0.15, 0.2) is 0 Å². The molecule has 0 spiro atoms. The number of nitrogens with zero attached hydrogens (tertiary/aromatic N) is 5. The van der Waals surface area contributed by atoms with Crippen molar-refractivity contribution in [2.45, 2.75) is 0 Å². The van der Waals surface area contributed by atoms with Gasteiger partial charge < -0.3 is 20.2 Å². The first-order valence-corrected chi connectivity index (χ1v) is 3.39. The number of aromatic nitrogens is 3. The highest BCUT2D eigenvalue weighted by atomic mass is 16.6. The third kappa shape index (κ3) is 3.81.